The lowest BCUT2D eigenvalue weighted by molar-refractivity contribution is 0.414. The van der Waals surface area contributed by atoms with Gasteiger partial charge in [0, 0.05) is 17.6 Å². The van der Waals surface area contributed by atoms with Crippen molar-refractivity contribution in [1.29, 1.82) is 0 Å². The summed E-state index contributed by atoms with van der Waals surface area (Å²) in [7, 11) is 1.69. The predicted octanol–water partition coefficient (Wildman–Crippen LogP) is 4.07. The van der Waals surface area contributed by atoms with Crippen LogP contribution in [0.5, 0.6) is 5.75 Å². The molecule has 1 N–H and O–H groups in total. The molecule has 0 radical (unpaired) electrons. The number of halogens is 1. The zero-order valence-corrected chi connectivity index (χ0v) is 12.7. The number of ether oxygens (including phenoxy) is 1. The molecule has 2 rings (SSSR count). The second-order valence-electron chi connectivity index (χ2n) is 4.96. The van der Waals surface area contributed by atoms with Gasteiger partial charge in [-0.3, -0.25) is 0 Å². The van der Waals surface area contributed by atoms with Crippen LogP contribution in [-0.4, -0.2) is 13.2 Å². The Morgan fingerprint density at radius 2 is 1.60 bits per heavy atom. The van der Waals surface area contributed by atoms with Crippen LogP contribution in [0.1, 0.15) is 18.1 Å². The molecule has 0 heterocycles. The molecule has 0 aliphatic carbocycles. The number of nitrogens with one attached hydrogen (secondary N) is 1. The van der Waals surface area contributed by atoms with Gasteiger partial charge in [0.2, 0.25) is 0 Å². The molecule has 0 saturated carbocycles. The Labute approximate surface area is 125 Å². The number of hydrogen-bond acceptors (Lipinski definition) is 2. The molecule has 106 valence electrons. The first kappa shape index (κ1) is 14.9. The SMILES string of the molecule is COc1ccc(CC(C)NCc2ccc(Cl)cc2)cc1. The van der Waals surface area contributed by atoms with Gasteiger partial charge in [-0.15, -0.1) is 0 Å². The summed E-state index contributed by atoms with van der Waals surface area (Å²) in [6.45, 7) is 3.05. The second kappa shape index (κ2) is 7.32. The smallest absolute Gasteiger partial charge is 0.118 e. The number of benzene rings is 2. The lowest BCUT2D eigenvalue weighted by atomic mass is 10.1. The standard InChI is InChI=1S/C17H20ClNO/c1-13(11-14-5-9-17(20-2)10-6-14)19-12-15-3-7-16(18)8-4-15/h3-10,13,19H,11-12H2,1-2H3. The van der Waals surface area contributed by atoms with Crippen molar-refractivity contribution in [3.05, 3.63) is 64.7 Å². The Hall–Kier alpha value is -1.51. The zero-order valence-electron chi connectivity index (χ0n) is 11.9. The zero-order chi connectivity index (χ0) is 14.4. The molecule has 2 aromatic rings. The van der Waals surface area contributed by atoms with Crippen molar-refractivity contribution in [2.24, 2.45) is 0 Å². The van der Waals surface area contributed by atoms with Gasteiger partial charge in [0.05, 0.1) is 7.11 Å². The molecule has 3 heteroatoms. The number of hydrogen-bond donors (Lipinski definition) is 1. The van der Waals surface area contributed by atoms with E-state index in [-0.39, 0.29) is 0 Å². The van der Waals surface area contributed by atoms with Gasteiger partial charge < -0.3 is 10.1 Å². The van der Waals surface area contributed by atoms with Crippen LogP contribution in [0, 0.1) is 0 Å². The van der Waals surface area contributed by atoms with E-state index in [1.807, 2.05) is 24.3 Å². The minimum absolute atomic E-state index is 0.416. The van der Waals surface area contributed by atoms with Gasteiger partial charge in [0.25, 0.3) is 0 Å². The van der Waals surface area contributed by atoms with E-state index in [0.29, 0.717) is 6.04 Å². The van der Waals surface area contributed by atoms with Crippen LogP contribution in [0.25, 0.3) is 0 Å². The van der Waals surface area contributed by atoms with Gasteiger partial charge in [-0.25, -0.2) is 0 Å². The molecule has 1 unspecified atom stereocenters. The Bertz CT molecular complexity index is 522. The summed E-state index contributed by atoms with van der Waals surface area (Å²) >= 11 is 5.88. The highest BCUT2D eigenvalue weighted by molar-refractivity contribution is 6.30. The van der Waals surface area contributed by atoms with Crippen LogP contribution in [0.15, 0.2) is 48.5 Å². The van der Waals surface area contributed by atoms with Crippen LogP contribution >= 0.6 is 11.6 Å². The van der Waals surface area contributed by atoms with Crippen LogP contribution in [0.4, 0.5) is 0 Å². The van der Waals surface area contributed by atoms with Crippen molar-refractivity contribution in [2.45, 2.75) is 25.9 Å². The Kier molecular flexibility index (Phi) is 5.45. The summed E-state index contributed by atoms with van der Waals surface area (Å²) < 4.78 is 5.16. The topological polar surface area (TPSA) is 21.3 Å². The highest BCUT2D eigenvalue weighted by Crippen LogP contribution is 2.13. The molecule has 0 fully saturated rings. The van der Waals surface area contributed by atoms with Crippen molar-refractivity contribution in [1.82, 2.24) is 5.32 Å². The molecular formula is C17H20ClNO. The van der Waals surface area contributed by atoms with Gasteiger partial charge in [-0.2, -0.15) is 0 Å². The first-order valence-corrected chi connectivity index (χ1v) is 7.16. The molecule has 2 nitrogen and oxygen atoms in total. The fourth-order valence-electron chi connectivity index (χ4n) is 2.08. The van der Waals surface area contributed by atoms with E-state index in [1.165, 1.54) is 11.1 Å². The molecule has 0 aliphatic heterocycles. The van der Waals surface area contributed by atoms with Crippen LogP contribution in [-0.2, 0) is 13.0 Å². The van der Waals surface area contributed by atoms with E-state index in [9.17, 15) is 0 Å². The minimum Gasteiger partial charge on any atom is -0.497 e. The molecule has 20 heavy (non-hydrogen) atoms. The third kappa shape index (κ3) is 4.55. The van der Waals surface area contributed by atoms with Gasteiger partial charge >= 0.3 is 0 Å². The fraction of sp³-hybridized carbons (Fsp3) is 0.294. The van der Waals surface area contributed by atoms with E-state index < -0.39 is 0 Å². The maximum Gasteiger partial charge on any atom is 0.118 e. The second-order valence-corrected chi connectivity index (χ2v) is 5.40. The van der Waals surface area contributed by atoms with Crippen molar-refractivity contribution in [3.63, 3.8) is 0 Å². The molecular weight excluding hydrogens is 270 g/mol. The van der Waals surface area contributed by atoms with E-state index in [4.69, 9.17) is 16.3 Å². The number of methoxy groups -OCH3 is 1. The summed E-state index contributed by atoms with van der Waals surface area (Å²) in [5.41, 5.74) is 2.55. The summed E-state index contributed by atoms with van der Waals surface area (Å²) in [4.78, 5) is 0. The maximum atomic E-state index is 5.88. The third-order valence-electron chi connectivity index (χ3n) is 3.27. The molecule has 0 saturated heterocycles. The van der Waals surface area contributed by atoms with Crippen molar-refractivity contribution < 1.29 is 4.74 Å². The molecule has 2 aromatic carbocycles. The lowest BCUT2D eigenvalue weighted by Gasteiger charge is -2.14. The van der Waals surface area contributed by atoms with E-state index in [0.717, 1.165) is 23.7 Å². The van der Waals surface area contributed by atoms with Crippen molar-refractivity contribution >= 4 is 11.6 Å². The predicted molar refractivity (Wildman–Crippen MR) is 84.5 cm³/mol. The van der Waals surface area contributed by atoms with Crippen molar-refractivity contribution in [2.75, 3.05) is 7.11 Å². The monoisotopic (exact) mass is 289 g/mol. The van der Waals surface area contributed by atoms with Crippen LogP contribution < -0.4 is 10.1 Å². The third-order valence-corrected chi connectivity index (χ3v) is 3.52. The molecule has 0 aliphatic rings. The summed E-state index contributed by atoms with van der Waals surface area (Å²) in [6.07, 6.45) is 0.998. The first-order valence-electron chi connectivity index (χ1n) is 6.78. The average molecular weight is 290 g/mol. The molecule has 0 amide bonds. The van der Waals surface area contributed by atoms with Gasteiger partial charge in [-0.05, 0) is 48.7 Å². The van der Waals surface area contributed by atoms with Gasteiger partial charge in [0.1, 0.15) is 5.75 Å². The average Bonchev–Trinajstić information content (AvgIpc) is 2.47. The lowest BCUT2D eigenvalue weighted by Crippen LogP contribution is -2.27. The normalized spacial score (nSPS) is 12.2. The Balaban J connectivity index is 1.82. The first-order chi connectivity index (χ1) is 9.67. The van der Waals surface area contributed by atoms with Gasteiger partial charge in [0.15, 0.2) is 0 Å². The molecule has 1 atom stereocenters. The molecule has 0 bridgehead atoms. The van der Waals surface area contributed by atoms with Crippen LogP contribution in [0.2, 0.25) is 5.02 Å². The molecule has 0 spiro atoms. The summed E-state index contributed by atoms with van der Waals surface area (Å²) in [6, 6.07) is 16.6. The largest absolute Gasteiger partial charge is 0.497 e. The van der Waals surface area contributed by atoms with E-state index >= 15 is 0 Å². The Morgan fingerprint density at radius 1 is 1.00 bits per heavy atom. The highest BCUT2D eigenvalue weighted by Gasteiger charge is 2.03. The van der Waals surface area contributed by atoms with E-state index in [1.54, 1.807) is 7.11 Å². The summed E-state index contributed by atoms with van der Waals surface area (Å²) in [5, 5.41) is 4.30. The van der Waals surface area contributed by atoms with Crippen LogP contribution in [0.3, 0.4) is 0 Å². The quantitative estimate of drug-likeness (QED) is 0.865. The number of rotatable bonds is 6. The van der Waals surface area contributed by atoms with Gasteiger partial charge in [-0.1, -0.05) is 35.9 Å². The Morgan fingerprint density at radius 3 is 2.20 bits per heavy atom. The summed E-state index contributed by atoms with van der Waals surface area (Å²) in [5.74, 6) is 0.899. The fourth-order valence-corrected chi connectivity index (χ4v) is 2.21. The highest BCUT2D eigenvalue weighted by atomic mass is 35.5. The molecule has 0 aromatic heterocycles. The maximum absolute atomic E-state index is 5.88. The van der Waals surface area contributed by atoms with E-state index in [2.05, 4.69) is 36.5 Å². The minimum atomic E-state index is 0.416. The van der Waals surface area contributed by atoms with Crippen molar-refractivity contribution in [3.8, 4) is 5.75 Å².